The second-order valence-corrected chi connectivity index (χ2v) is 7.35. The number of hydrogen-bond donors (Lipinski definition) is 3. The quantitative estimate of drug-likeness (QED) is 0.367. The summed E-state index contributed by atoms with van der Waals surface area (Å²) in [5.41, 5.74) is 12.5. The molecule has 0 saturated heterocycles. The summed E-state index contributed by atoms with van der Waals surface area (Å²) in [6, 6.07) is 12.8. The van der Waals surface area contributed by atoms with Gasteiger partial charge in [0.15, 0.2) is 5.78 Å². The van der Waals surface area contributed by atoms with Crippen LogP contribution in [0.15, 0.2) is 48.5 Å². The lowest BCUT2D eigenvalue weighted by atomic mass is 10.0. The number of nitrogens with zero attached hydrogens (tertiary/aromatic N) is 1. The van der Waals surface area contributed by atoms with E-state index in [2.05, 4.69) is 5.32 Å². The lowest BCUT2D eigenvalue weighted by Crippen LogP contribution is -2.45. The number of halogens is 2. The predicted octanol–water partition coefficient (Wildman–Crippen LogP) is 2.53. The van der Waals surface area contributed by atoms with E-state index < -0.39 is 11.9 Å². The molecule has 2 rings (SSSR count). The molecule has 2 amide bonds. The van der Waals surface area contributed by atoms with Gasteiger partial charge in [-0.25, -0.2) is 0 Å². The van der Waals surface area contributed by atoms with Crippen molar-refractivity contribution in [3.63, 3.8) is 0 Å². The highest BCUT2D eigenvalue weighted by molar-refractivity contribution is 6.31. The van der Waals surface area contributed by atoms with Crippen LogP contribution in [-0.2, 0) is 9.59 Å². The first kappa shape index (κ1) is 26.6. The maximum Gasteiger partial charge on any atom is 0.246 e. The number of rotatable bonds is 10. The third kappa shape index (κ3) is 7.63. The Bertz CT molecular complexity index is 894. The molecule has 0 spiro atoms. The molecule has 9 heteroatoms. The Morgan fingerprint density at radius 3 is 2.42 bits per heavy atom. The van der Waals surface area contributed by atoms with E-state index in [4.69, 9.17) is 23.1 Å². The van der Waals surface area contributed by atoms with Crippen LogP contribution in [0.25, 0.3) is 0 Å². The summed E-state index contributed by atoms with van der Waals surface area (Å²) in [5.74, 6) is -1.04. The number of amides is 2. The van der Waals surface area contributed by atoms with E-state index in [-0.39, 0.29) is 30.6 Å². The molecular formula is C22H28Cl2N4O3. The SMILES string of the molecule is CN(C(=O)CNC(=O)C(N)CCCCN)c1ccc(Cl)cc1C(=O)c1ccccc1.Cl. The summed E-state index contributed by atoms with van der Waals surface area (Å²) < 4.78 is 0. The second kappa shape index (κ2) is 13.1. The molecule has 1 unspecified atom stereocenters. The number of benzene rings is 2. The zero-order valence-electron chi connectivity index (χ0n) is 17.3. The van der Waals surface area contributed by atoms with Gasteiger partial charge in [-0.2, -0.15) is 0 Å². The minimum absolute atomic E-state index is 0. The fourth-order valence-electron chi connectivity index (χ4n) is 2.91. The van der Waals surface area contributed by atoms with Gasteiger partial charge in [-0.05, 0) is 37.6 Å². The molecule has 0 saturated carbocycles. The molecule has 7 nitrogen and oxygen atoms in total. The summed E-state index contributed by atoms with van der Waals surface area (Å²) in [7, 11) is 1.54. The van der Waals surface area contributed by atoms with Gasteiger partial charge in [0.1, 0.15) is 0 Å². The van der Waals surface area contributed by atoms with Gasteiger partial charge in [0.05, 0.1) is 18.3 Å². The van der Waals surface area contributed by atoms with Crippen LogP contribution in [-0.4, -0.2) is 43.8 Å². The molecule has 2 aromatic carbocycles. The summed E-state index contributed by atoms with van der Waals surface area (Å²) in [6.45, 7) is 0.310. The number of nitrogens with one attached hydrogen (secondary N) is 1. The molecule has 0 radical (unpaired) electrons. The van der Waals surface area contributed by atoms with E-state index in [1.165, 1.54) is 11.0 Å². The van der Waals surface area contributed by atoms with Gasteiger partial charge in [0.2, 0.25) is 11.8 Å². The van der Waals surface area contributed by atoms with Gasteiger partial charge in [0.25, 0.3) is 0 Å². The number of hydrogen-bond acceptors (Lipinski definition) is 5. The number of unbranched alkanes of at least 4 members (excludes halogenated alkanes) is 1. The van der Waals surface area contributed by atoms with Crippen LogP contribution in [0, 0.1) is 0 Å². The molecule has 1 atom stereocenters. The van der Waals surface area contributed by atoms with Gasteiger partial charge in [-0.3, -0.25) is 14.4 Å². The Morgan fingerprint density at radius 2 is 1.77 bits per heavy atom. The predicted molar refractivity (Wildman–Crippen MR) is 126 cm³/mol. The zero-order chi connectivity index (χ0) is 22.1. The third-order valence-corrected chi connectivity index (χ3v) is 4.93. The summed E-state index contributed by atoms with van der Waals surface area (Å²) in [5, 5.41) is 2.94. The fraction of sp³-hybridized carbons (Fsp3) is 0.318. The van der Waals surface area contributed by atoms with E-state index in [1.54, 1.807) is 43.4 Å². The maximum atomic E-state index is 12.9. The van der Waals surface area contributed by atoms with Crippen molar-refractivity contribution in [2.75, 3.05) is 25.0 Å². The van der Waals surface area contributed by atoms with Crippen LogP contribution in [0.3, 0.4) is 0 Å². The standard InChI is InChI=1S/C22H27ClN4O3.ClH/c1-27(20(28)14-26-22(30)18(25)9-5-6-12-24)19-11-10-16(23)13-17(19)21(29)15-7-3-2-4-8-15;/h2-4,7-8,10-11,13,18H,5-6,9,12,14,24-25H2,1H3,(H,26,30);1H. The van der Waals surface area contributed by atoms with Crippen molar-refractivity contribution in [2.45, 2.75) is 25.3 Å². The van der Waals surface area contributed by atoms with Crippen LogP contribution < -0.4 is 21.7 Å². The highest BCUT2D eigenvalue weighted by atomic mass is 35.5. The van der Waals surface area contributed by atoms with Gasteiger partial charge in [-0.15, -0.1) is 12.4 Å². The Hall–Kier alpha value is -2.45. The van der Waals surface area contributed by atoms with Crippen LogP contribution in [0.2, 0.25) is 5.02 Å². The lowest BCUT2D eigenvalue weighted by Gasteiger charge is -2.21. The van der Waals surface area contributed by atoms with Crippen molar-refractivity contribution in [2.24, 2.45) is 11.5 Å². The Morgan fingerprint density at radius 1 is 1.10 bits per heavy atom. The third-order valence-electron chi connectivity index (χ3n) is 4.69. The molecule has 0 aliphatic carbocycles. The first-order valence-corrected chi connectivity index (χ1v) is 10.1. The molecule has 31 heavy (non-hydrogen) atoms. The van der Waals surface area contributed by atoms with E-state index in [9.17, 15) is 14.4 Å². The maximum absolute atomic E-state index is 12.9. The fourth-order valence-corrected chi connectivity index (χ4v) is 3.09. The van der Waals surface area contributed by atoms with E-state index in [0.29, 0.717) is 34.8 Å². The summed E-state index contributed by atoms with van der Waals surface area (Å²) in [6.07, 6.45) is 2.03. The van der Waals surface area contributed by atoms with Crippen molar-refractivity contribution >= 4 is 47.3 Å². The molecule has 0 aromatic heterocycles. The number of nitrogens with two attached hydrogens (primary N) is 2. The number of carbonyl (C=O) groups is 3. The molecular weight excluding hydrogens is 439 g/mol. The van der Waals surface area contributed by atoms with Crippen LogP contribution >= 0.6 is 24.0 Å². The van der Waals surface area contributed by atoms with Crippen molar-refractivity contribution < 1.29 is 14.4 Å². The van der Waals surface area contributed by atoms with Crippen molar-refractivity contribution in [3.8, 4) is 0 Å². The van der Waals surface area contributed by atoms with Crippen molar-refractivity contribution in [1.29, 1.82) is 0 Å². The van der Waals surface area contributed by atoms with Crippen molar-refractivity contribution in [3.05, 3.63) is 64.7 Å². The van der Waals surface area contributed by atoms with Gasteiger partial charge in [-0.1, -0.05) is 48.4 Å². The Kier molecular flexibility index (Phi) is 11.2. The molecule has 5 N–H and O–H groups in total. The van der Waals surface area contributed by atoms with Crippen LogP contribution in [0.5, 0.6) is 0 Å². The number of carbonyl (C=O) groups excluding carboxylic acids is 3. The molecule has 0 bridgehead atoms. The van der Waals surface area contributed by atoms with Gasteiger partial charge < -0.3 is 21.7 Å². The van der Waals surface area contributed by atoms with Crippen LogP contribution in [0.1, 0.15) is 35.2 Å². The molecule has 0 aliphatic rings. The lowest BCUT2D eigenvalue weighted by molar-refractivity contribution is -0.125. The normalized spacial score (nSPS) is 11.2. The molecule has 0 aliphatic heterocycles. The average Bonchev–Trinajstić information content (AvgIpc) is 2.76. The molecule has 0 fully saturated rings. The van der Waals surface area contributed by atoms with E-state index >= 15 is 0 Å². The van der Waals surface area contributed by atoms with Gasteiger partial charge in [0, 0.05) is 23.2 Å². The van der Waals surface area contributed by atoms with E-state index in [1.807, 2.05) is 6.07 Å². The number of ketones is 1. The van der Waals surface area contributed by atoms with E-state index in [0.717, 1.165) is 12.8 Å². The number of likely N-dealkylation sites (N-methyl/N-ethyl adjacent to an activating group) is 1. The smallest absolute Gasteiger partial charge is 0.246 e. The Balaban J connectivity index is 0.00000480. The van der Waals surface area contributed by atoms with Gasteiger partial charge >= 0.3 is 0 Å². The average molecular weight is 467 g/mol. The zero-order valence-corrected chi connectivity index (χ0v) is 18.9. The first-order chi connectivity index (χ1) is 14.3. The minimum atomic E-state index is -0.694. The molecule has 168 valence electrons. The Labute approximate surface area is 193 Å². The summed E-state index contributed by atoms with van der Waals surface area (Å²) in [4.78, 5) is 39.0. The molecule has 0 heterocycles. The highest BCUT2D eigenvalue weighted by Crippen LogP contribution is 2.26. The number of anilines is 1. The molecule has 2 aromatic rings. The first-order valence-electron chi connectivity index (χ1n) is 9.74. The monoisotopic (exact) mass is 466 g/mol. The summed E-state index contributed by atoms with van der Waals surface area (Å²) >= 11 is 6.09. The van der Waals surface area contributed by atoms with Crippen molar-refractivity contribution in [1.82, 2.24) is 5.32 Å². The second-order valence-electron chi connectivity index (χ2n) is 6.92. The topological polar surface area (TPSA) is 119 Å². The highest BCUT2D eigenvalue weighted by Gasteiger charge is 2.21. The van der Waals surface area contributed by atoms with Crippen LogP contribution in [0.4, 0.5) is 5.69 Å². The largest absolute Gasteiger partial charge is 0.346 e. The minimum Gasteiger partial charge on any atom is -0.346 e.